The molecule has 0 aliphatic carbocycles. The van der Waals surface area contributed by atoms with Gasteiger partial charge < -0.3 is 9.73 Å². The third-order valence-electron chi connectivity index (χ3n) is 3.88. The number of hydrogen-bond acceptors (Lipinski definition) is 4. The molecule has 2 aromatic heterocycles. The molecule has 0 spiro atoms. The van der Waals surface area contributed by atoms with Gasteiger partial charge in [-0.3, -0.25) is 9.36 Å². The van der Waals surface area contributed by atoms with Gasteiger partial charge in [-0.05, 0) is 32.8 Å². The van der Waals surface area contributed by atoms with Crippen LogP contribution < -0.4 is 11.0 Å². The van der Waals surface area contributed by atoms with Crippen LogP contribution in [0.2, 0.25) is 0 Å². The summed E-state index contributed by atoms with van der Waals surface area (Å²) < 4.78 is 7.02. The van der Waals surface area contributed by atoms with Crippen molar-refractivity contribution in [3.05, 3.63) is 39.5 Å². The monoisotopic (exact) mass is 290 g/mol. The van der Waals surface area contributed by atoms with E-state index >= 15 is 0 Å². The summed E-state index contributed by atoms with van der Waals surface area (Å²) in [6, 6.07) is 1.78. The van der Waals surface area contributed by atoms with Crippen molar-refractivity contribution >= 4 is 5.91 Å². The molecule has 0 radical (unpaired) electrons. The number of carbonyl (C=O) groups excluding carboxylic acids is 1. The van der Waals surface area contributed by atoms with E-state index in [2.05, 4.69) is 15.5 Å². The molecule has 1 unspecified atom stereocenters. The number of amides is 1. The van der Waals surface area contributed by atoms with Gasteiger partial charge in [-0.2, -0.15) is 5.10 Å². The molecule has 1 amide bonds. The lowest BCUT2D eigenvalue weighted by molar-refractivity contribution is 0.0931. The van der Waals surface area contributed by atoms with Crippen LogP contribution in [0.15, 0.2) is 15.3 Å². The Morgan fingerprint density at radius 3 is 3.00 bits per heavy atom. The molecule has 0 aromatic carbocycles. The summed E-state index contributed by atoms with van der Waals surface area (Å²) >= 11 is 0. The molecular weight excluding hydrogens is 272 g/mol. The van der Waals surface area contributed by atoms with Gasteiger partial charge in [0, 0.05) is 19.0 Å². The number of carbonyl (C=O) groups is 1. The van der Waals surface area contributed by atoms with Gasteiger partial charge in [0.15, 0.2) is 0 Å². The Morgan fingerprint density at radius 1 is 1.48 bits per heavy atom. The maximum atomic E-state index is 12.3. The number of aromatic amines is 1. The van der Waals surface area contributed by atoms with Crippen molar-refractivity contribution in [1.82, 2.24) is 20.1 Å². The van der Waals surface area contributed by atoms with Crippen LogP contribution in [0.1, 0.15) is 40.5 Å². The Balaban J connectivity index is 1.68. The summed E-state index contributed by atoms with van der Waals surface area (Å²) in [5.74, 6) is 1.99. The lowest BCUT2D eigenvalue weighted by atomic mass is 10.1. The second-order valence-corrected chi connectivity index (χ2v) is 5.42. The smallest absolute Gasteiger partial charge is 0.343 e. The number of H-pyrrole nitrogens is 1. The molecule has 7 nitrogen and oxygen atoms in total. The molecule has 112 valence electrons. The van der Waals surface area contributed by atoms with Gasteiger partial charge in [0.2, 0.25) is 0 Å². The molecule has 0 saturated carbocycles. The minimum atomic E-state index is -0.182. The van der Waals surface area contributed by atoms with Gasteiger partial charge in [0.1, 0.15) is 17.3 Å². The normalized spacial score (nSPS) is 18.1. The summed E-state index contributed by atoms with van der Waals surface area (Å²) in [6.07, 6.45) is 2.16. The van der Waals surface area contributed by atoms with Crippen LogP contribution >= 0.6 is 0 Å². The van der Waals surface area contributed by atoms with E-state index in [0.717, 1.165) is 18.0 Å². The van der Waals surface area contributed by atoms with Gasteiger partial charge in [-0.1, -0.05) is 0 Å². The molecule has 2 N–H and O–H groups in total. The molecule has 21 heavy (non-hydrogen) atoms. The highest BCUT2D eigenvalue weighted by Gasteiger charge is 2.22. The van der Waals surface area contributed by atoms with Crippen molar-refractivity contribution < 1.29 is 9.21 Å². The summed E-state index contributed by atoms with van der Waals surface area (Å²) in [7, 11) is 0. The Bertz CT molecular complexity index is 725. The van der Waals surface area contributed by atoms with Crippen molar-refractivity contribution in [1.29, 1.82) is 0 Å². The van der Waals surface area contributed by atoms with Crippen molar-refractivity contribution in [2.45, 2.75) is 45.7 Å². The molecule has 0 fully saturated rings. The number of nitrogens with zero attached hydrogens (tertiary/aromatic N) is 2. The van der Waals surface area contributed by atoms with E-state index in [4.69, 9.17) is 4.42 Å². The van der Waals surface area contributed by atoms with Gasteiger partial charge in [0.05, 0.1) is 5.56 Å². The fourth-order valence-corrected chi connectivity index (χ4v) is 2.77. The second kappa shape index (κ2) is 5.23. The zero-order chi connectivity index (χ0) is 15.0. The number of rotatable bonds is 2. The predicted molar refractivity (Wildman–Crippen MR) is 75.2 cm³/mol. The average molecular weight is 290 g/mol. The third kappa shape index (κ3) is 2.63. The van der Waals surface area contributed by atoms with Gasteiger partial charge in [0.25, 0.3) is 5.91 Å². The van der Waals surface area contributed by atoms with Crippen molar-refractivity contribution in [2.24, 2.45) is 0 Å². The van der Waals surface area contributed by atoms with Crippen LogP contribution in [0.3, 0.4) is 0 Å². The van der Waals surface area contributed by atoms with E-state index in [1.165, 1.54) is 0 Å². The van der Waals surface area contributed by atoms with E-state index in [9.17, 15) is 9.59 Å². The lowest BCUT2D eigenvalue weighted by Crippen LogP contribution is -2.35. The van der Waals surface area contributed by atoms with Gasteiger partial charge in [-0.25, -0.2) is 9.89 Å². The van der Waals surface area contributed by atoms with Gasteiger partial charge >= 0.3 is 5.69 Å². The Hall–Kier alpha value is -2.31. The van der Waals surface area contributed by atoms with Crippen molar-refractivity contribution in [3.63, 3.8) is 0 Å². The maximum absolute atomic E-state index is 12.3. The highest BCUT2D eigenvalue weighted by molar-refractivity contribution is 5.95. The zero-order valence-corrected chi connectivity index (χ0v) is 12.1. The van der Waals surface area contributed by atoms with E-state index in [0.29, 0.717) is 30.7 Å². The SMILES string of the molecule is Cc1cc(C(=O)NC2CCc3n[nH]c(=O)n3CC2)c(C)o1. The van der Waals surface area contributed by atoms with Crippen LogP contribution in [0, 0.1) is 13.8 Å². The summed E-state index contributed by atoms with van der Waals surface area (Å²) in [4.78, 5) is 23.8. The fourth-order valence-electron chi connectivity index (χ4n) is 2.77. The van der Waals surface area contributed by atoms with Crippen LogP contribution in [0.25, 0.3) is 0 Å². The molecular formula is C14H18N4O3. The fraction of sp³-hybridized carbons (Fsp3) is 0.500. The summed E-state index contributed by atoms with van der Waals surface area (Å²) in [5, 5.41) is 9.48. The molecule has 7 heteroatoms. The molecule has 1 aliphatic heterocycles. The van der Waals surface area contributed by atoms with Crippen molar-refractivity contribution in [2.75, 3.05) is 0 Å². The second-order valence-electron chi connectivity index (χ2n) is 5.42. The number of hydrogen-bond donors (Lipinski definition) is 2. The number of fused-ring (bicyclic) bond motifs is 1. The first kappa shape index (κ1) is 13.7. The highest BCUT2D eigenvalue weighted by atomic mass is 16.3. The van der Waals surface area contributed by atoms with E-state index in [-0.39, 0.29) is 17.6 Å². The van der Waals surface area contributed by atoms with E-state index in [1.54, 1.807) is 17.6 Å². The minimum absolute atomic E-state index is 0.0354. The number of nitrogens with one attached hydrogen (secondary N) is 2. The first-order valence-corrected chi connectivity index (χ1v) is 7.06. The molecule has 2 aromatic rings. The quantitative estimate of drug-likeness (QED) is 0.860. The van der Waals surface area contributed by atoms with E-state index < -0.39 is 0 Å². The lowest BCUT2D eigenvalue weighted by Gasteiger charge is -2.15. The molecule has 3 rings (SSSR count). The van der Waals surface area contributed by atoms with Crippen molar-refractivity contribution in [3.8, 4) is 0 Å². The molecule has 3 heterocycles. The van der Waals surface area contributed by atoms with Crippen LogP contribution in [0.5, 0.6) is 0 Å². The molecule has 0 saturated heterocycles. The van der Waals surface area contributed by atoms with E-state index in [1.807, 2.05) is 6.92 Å². The molecule has 1 atom stereocenters. The number of aromatic nitrogens is 3. The standard InChI is InChI=1S/C14H18N4O3/c1-8-7-11(9(2)21-8)13(19)15-10-3-4-12-16-17-14(20)18(12)6-5-10/h7,10H,3-6H2,1-2H3,(H,15,19)(H,17,20). The Morgan fingerprint density at radius 2 is 2.29 bits per heavy atom. The van der Waals surface area contributed by atoms with Gasteiger partial charge in [-0.15, -0.1) is 0 Å². The summed E-state index contributed by atoms with van der Waals surface area (Å²) in [5.41, 5.74) is 0.394. The zero-order valence-electron chi connectivity index (χ0n) is 12.1. The van der Waals surface area contributed by atoms with Crippen LogP contribution in [-0.4, -0.2) is 26.7 Å². The number of aryl methyl sites for hydroxylation is 3. The van der Waals surface area contributed by atoms with Crippen LogP contribution in [0.4, 0.5) is 0 Å². The number of furan rings is 1. The highest BCUT2D eigenvalue weighted by Crippen LogP contribution is 2.16. The largest absolute Gasteiger partial charge is 0.466 e. The molecule has 1 aliphatic rings. The topological polar surface area (TPSA) is 92.9 Å². The van der Waals surface area contributed by atoms with Crippen LogP contribution in [-0.2, 0) is 13.0 Å². The maximum Gasteiger partial charge on any atom is 0.343 e. The summed E-state index contributed by atoms with van der Waals surface area (Å²) in [6.45, 7) is 4.17. The first-order valence-electron chi connectivity index (χ1n) is 7.06. The Kier molecular flexibility index (Phi) is 3.40. The third-order valence-corrected chi connectivity index (χ3v) is 3.88. The first-order chi connectivity index (χ1) is 10.0. The minimum Gasteiger partial charge on any atom is -0.466 e. The Labute approximate surface area is 121 Å². The predicted octanol–water partition coefficient (Wildman–Crippen LogP) is 0.916. The molecule has 0 bridgehead atoms. The average Bonchev–Trinajstić information content (AvgIpc) is 2.88.